The Morgan fingerprint density at radius 3 is 2.45 bits per heavy atom. The summed E-state index contributed by atoms with van der Waals surface area (Å²) in [5, 5.41) is 2.73. The van der Waals surface area contributed by atoms with Gasteiger partial charge in [0.2, 0.25) is 5.91 Å². The summed E-state index contributed by atoms with van der Waals surface area (Å²) in [7, 11) is 0. The van der Waals surface area contributed by atoms with E-state index in [4.69, 9.17) is 5.73 Å². The number of nitrogens with one attached hydrogen (secondary N) is 1. The minimum Gasteiger partial charge on any atom is -0.349 e. The van der Waals surface area contributed by atoms with Gasteiger partial charge in [0.15, 0.2) is 0 Å². The van der Waals surface area contributed by atoms with Crippen LogP contribution >= 0.6 is 0 Å². The van der Waals surface area contributed by atoms with E-state index in [1.807, 2.05) is 13.8 Å². The van der Waals surface area contributed by atoms with Crippen molar-refractivity contribution in [3.05, 3.63) is 35.4 Å². The fraction of sp³-hybridized carbons (Fsp3) is 0.533. The molecule has 0 spiro atoms. The van der Waals surface area contributed by atoms with Crippen LogP contribution in [0.2, 0.25) is 0 Å². The molecular formula is C15H22F2N2O. The van der Waals surface area contributed by atoms with Gasteiger partial charge in [0.1, 0.15) is 11.6 Å². The fourth-order valence-electron chi connectivity index (χ4n) is 2.14. The van der Waals surface area contributed by atoms with Crippen molar-refractivity contribution in [2.24, 2.45) is 17.6 Å². The monoisotopic (exact) mass is 284 g/mol. The molecule has 3 N–H and O–H groups in total. The van der Waals surface area contributed by atoms with Crippen molar-refractivity contribution >= 4 is 5.91 Å². The van der Waals surface area contributed by atoms with Gasteiger partial charge in [-0.25, -0.2) is 8.78 Å². The highest BCUT2D eigenvalue weighted by molar-refractivity contribution is 5.79. The Bertz CT molecular complexity index is 463. The number of carbonyl (C=O) groups is 1. The predicted molar refractivity (Wildman–Crippen MR) is 74.9 cm³/mol. The molecule has 0 heterocycles. The number of halogens is 2. The van der Waals surface area contributed by atoms with Gasteiger partial charge in [-0.15, -0.1) is 0 Å². The Balaban J connectivity index is 2.73. The van der Waals surface area contributed by atoms with E-state index in [1.165, 1.54) is 12.1 Å². The highest BCUT2D eigenvalue weighted by Gasteiger charge is 2.21. The van der Waals surface area contributed by atoms with Crippen LogP contribution in [0.4, 0.5) is 8.78 Å². The van der Waals surface area contributed by atoms with Crippen LogP contribution in [-0.4, -0.2) is 12.5 Å². The van der Waals surface area contributed by atoms with Crippen LogP contribution in [0.3, 0.4) is 0 Å². The second kappa shape index (κ2) is 7.33. The van der Waals surface area contributed by atoms with Crippen molar-refractivity contribution in [2.45, 2.75) is 33.2 Å². The standard InChI is InChI=1S/C15H22F2N2O/c1-9(2)6-11(8-18)15(20)19-10(3)13-5-4-12(16)7-14(13)17/h4-5,7,9-11H,6,8,18H2,1-3H3,(H,19,20). The smallest absolute Gasteiger partial charge is 0.224 e. The van der Waals surface area contributed by atoms with E-state index in [0.29, 0.717) is 12.3 Å². The molecule has 1 rings (SSSR count). The van der Waals surface area contributed by atoms with Crippen molar-refractivity contribution in [2.75, 3.05) is 6.54 Å². The minimum atomic E-state index is -0.661. The third-order valence-electron chi connectivity index (χ3n) is 3.20. The molecule has 0 aliphatic rings. The summed E-state index contributed by atoms with van der Waals surface area (Å²) in [6, 6.07) is 2.81. The third kappa shape index (κ3) is 4.56. The van der Waals surface area contributed by atoms with E-state index < -0.39 is 17.7 Å². The first-order valence-electron chi connectivity index (χ1n) is 6.80. The summed E-state index contributed by atoms with van der Waals surface area (Å²) in [5.41, 5.74) is 5.87. The van der Waals surface area contributed by atoms with Gasteiger partial charge in [-0.2, -0.15) is 0 Å². The first kappa shape index (κ1) is 16.6. The molecule has 0 aliphatic heterocycles. The lowest BCUT2D eigenvalue weighted by Gasteiger charge is -2.21. The Morgan fingerprint density at radius 2 is 1.95 bits per heavy atom. The van der Waals surface area contributed by atoms with Gasteiger partial charge in [0, 0.05) is 18.2 Å². The quantitative estimate of drug-likeness (QED) is 0.844. The number of rotatable bonds is 6. The third-order valence-corrected chi connectivity index (χ3v) is 3.20. The van der Waals surface area contributed by atoms with Gasteiger partial charge in [-0.05, 0) is 25.3 Å². The zero-order valence-corrected chi connectivity index (χ0v) is 12.1. The van der Waals surface area contributed by atoms with Crippen LogP contribution < -0.4 is 11.1 Å². The highest BCUT2D eigenvalue weighted by atomic mass is 19.1. The van der Waals surface area contributed by atoms with Gasteiger partial charge < -0.3 is 11.1 Å². The first-order valence-corrected chi connectivity index (χ1v) is 6.80. The molecule has 0 aromatic heterocycles. The number of amides is 1. The largest absolute Gasteiger partial charge is 0.349 e. The molecule has 3 nitrogen and oxygen atoms in total. The zero-order valence-electron chi connectivity index (χ0n) is 12.1. The minimum absolute atomic E-state index is 0.197. The second-order valence-corrected chi connectivity index (χ2v) is 5.46. The van der Waals surface area contributed by atoms with Crippen LogP contribution in [-0.2, 0) is 4.79 Å². The van der Waals surface area contributed by atoms with Crippen LogP contribution in [0.1, 0.15) is 38.8 Å². The van der Waals surface area contributed by atoms with Gasteiger partial charge in [0.25, 0.3) is 0 Å². The Morgan fingerprint density at radius 1 is 1.30 bits per heavy atom. The van der Waals surface area contributed by atoms with E-state index >= 15 is 0 Å². The van der Waals surface area contributed by atoms with Crippen LogP contribution in [0, 0.1) is 23.5 Å². The molecule has 1 amide bonds. The maximum absolute atomic E-state index is 13.6. The van der Waals surface area contributed by atoms with E-state index in [0.717, 1.165) is 6.07 Å². The topological polar surface area (TPSA) is 55.1 Å². The van der Waals surface area contributed by atoms with E-state index in [-0.39, 0.29) is 23.9 Å². The number of hydrogen-bond acceptors (Lipinski definition) is 2. The van der Waals surface area contributed by atoms with E-state index in [9.17, 15) is 13.6 Å². The van der Waals surface area contributed by atoms with Gasteiger partial charge >= 0.3 is 0 Å². The van der Waals surface area contributed by atoms with E-state index in [2.05, 4.69) is 5.32 Å². The zero-order chi connectivity index (χ0) is 15.3. The molecule has 2 unspecified atom stereocenters. The summed E-state index contributed by atoms with van der Waals surface area (Å²) >= 11 is 0. The molecule has 112 valence electrons. The maximum atomic E-state index is 13.6. The molecular weight excluding hydrogens is 262 g/mol. The maximum Gasteiger partial charge on any atom is 0.224 e. The lowest BCUT2D eigenvalue weighted by atomic mass is 9.95. The Labute approximate surface area is 118 Å². The van der Waals surface area contributed by atoms with Gasteiger partial charge in [0.05, 0.1) is 12.0 Å². The molecule has 0 radical (unpaired) electrons. The number of nitrogens with two attached hydrogens (primary N) is 1. The van der Waals surface area contributed by atoms with Gasteiger partial charge in [-0.1, -0.05) is 19.9 Å². The highest BCUT2D eigenvalue weighted by Crippen LogP contribution is 2.19. The predicted octanol–water partition coefficient (Wildman–Crippen LogP) is 2.76. The average molecular weight is 284 g/mol. The lowest BCUT2D eigenvalue weighted by Crippen LogP contribution is -2.37. The van der Waals surface area contributed by atoms with Crippen molar-refractivity contribution in [3.63, 3.8) is 0 Å². The number of benzene rings is 1. The molecule has 5 heteroatoms. The summed E-state index contributed by atoms with van der Waals surface area (Å²) in [5.74, 6) is -1.43. The molecule has 20 heavy (non-hydrogen) atoms. The molecule has 1 aromatic rings. The van der Waals surface area contributed by atoms with Gasteiger partial charge in [-0.3, -0.25) is 4.79 Å². The molecule has 2 atom stereocenters. The molecule has 1 aromatic carbocycles. The molecule has 0 fully saturated rings. The van der Waals surface area contributed by atoms with Crippen molar-refractivity contribution < 1.29 is 13.6 Å². The lowest BCUT2D eigenvalue weighted by molar-refractivity contribution is -0.125. The van der Waals surface area contributed by atoms with Crippen molar-refractivity contribution in [3.8, 4) is 0 Å². The molecule has 0 aliphatic carbocycles. The number of carbonyl (C=O) groups excluding carboxylic acids is 1. The van der Waals surface area contributed by atoms with Crippen molar-refractivity contribution in [1.82, 2.24) is 5.32 Å². The first-order chi connectivity index (χ1) is 9.35. The summed E-state index contributed by atoms with van der Waals surface area (Å²) < 4.78 is 26.5. The number of hydrogen-bond donors (Lipinski definition) is 2. The van der Waals surface area contributed by atoms with E-state index in [1.54, 1.807) is 6.92 Å². The fourth-order valence-corrected chi connectivity index (χ4v) is 2.14. The van der Waals surface area contributed by atoms with Crippen LogP contribution in [0.15, 0.2) is 18.2 Å². The Hall–Kier alpha value is -1.49. The summed E-state index contributed by atoms with van der Waals surface area (Å²) in [6.07, 6.45) is 0.682. The second-order valence-electron chi connectivity index (χ2n) is 5.46. The molecule has 0 bridgehead atoms. The average Bonchev–Trinajstić information content (AvgIpc) is 2.35. The Kier molecular flexibility index (Phi) is 6.07. The summed E-state index contributed by atoms with van der Waals surface area (Å²) in [6.45, 7) is 5.94. The van der Waals surface area contributed by atoms with Crippen LogP contribution in [0.5, 0.6) is 0 Å². The summed E-state index contributed by atoms with van der Waals surface area (Å²) in [4.78, 5) is 12.1. The molecule has 0 saturated heterocycles. The SMILES string of the molecule is CC(C)CC(CN)C(=O)NC(C)c1ccc(F)cc1F. The normalized spacial score (nSPS) is 14.2. The van der Waals surface area contributed by atoms with Crippen LogP contribution in [0.25, 0.3) is 0 Å². The molecule has 0 saturated carbocycles. The van der Waals surface area contributed by atoms with Crippen molar-refractivity contribution in [1.29, 1.82) is 0 Å².